The molecule has 6 rings (SSSR count). The molecule has 0 atom stereocenters. The molecule has 3 aromatic heterocycles. The van der Waals surface area contributed by atoms with E-state index in [0.29, 0.717) is 0 Å². The van der Waals surface area contributed by atoms with Gasteiger partial charge < -0.3 is 14.4 Å². The van der Waals surface area contributed by atoms with Crippen LogP contribution in [0.4, 0.5) is 5.82 Å². The van der Waals surface area contributed by atoms with Gasteiger partial charge in [0.15, 0.2) is 11.6 Å². The van der Waals surface area contributed by atoms with Crippen LogP contribution in [0.1, 0.15) is 31.6 Å². The Labute approximate surface area is 234 Å². The first-order chi connectivity index (χ1) is 19.1. The average molecular weight is 550 g/mol. The Morgan fingerprint density at radius 1 is 1.05 bits per heavy atom. The zero-order valence-electron chi connectivity index (χ0n) is 23.3. The molecule has 0 aliphatic carbocycles. The van der Waals surface area contributed by atoms with Crippen molar-refractivity contribution in [2.75, 3.05) is 71.1 Å². The number of ether oxygens (including phenoxy) is 2. The zero-order chi connectivity index (χ0) is 26.8. The first-order valence-electron chi connectivity index (χ1n) is 14.2. The third kappa shape index (κ3) is 5.16. The molecule has 0 amide bonds. The minimum absolute atomic E-state index is 0.148. The van der Waals surface area contributed by atoms with E-state index in [1.807, 2.05) is 36.8 Å². The van der Waals surface area contributed by atoms with Crippen LogP contribution in [-0.4, -0.2) is 102 Å². The lowest BCUT2D eigenvalue weighted by Crippen LogP contribution is -2.58. The number of benzene rings is 1. The molecule has 9 nitrogen and oxygen atoms in total. The molecular weight excluding hydrogens is 510 g/mol. The molecule has 4 aromatic rings. The van der Waals surface area contributed by atoms with E-state index in [1.54, 1.807) is 0 Å². The van der Waals surface area contributed by atoms with Crippen LogP contribution in [-0.2, 0) is 16.0 Å². The highest BCUT2D eigenvalue weighted by Crippen LogP contribution is 2.36. The Bertz CT molecular complexity index is 1400. The SMILES string of the molecule is CCC(CC)(COC)N1CCN(Cc2cc3nc(-c4cccc5[nH]ncc45)nc(N4CCOCC4)c3s2)CC1. The number of rotatable bonds is 9. The highest BCUT2D eigenvalue weighted by atomic mass is 32.1. The van der Waals surface area contributed by atoms with Gasteiger partial charge in [-0.1, -0.05) is 26.0 Å². The van der Waals surface area contributed by atoms with Gasteiger partial charge in [-0.3, -0.25) is 14.9 Å². The van der Waals surface area contributed by atoms with Gasteiger partial charge in [-0.2, -0.15) is 5.10 Å². The summed E-state index contributed by atoms with van der Waals surface area (Å²) < 4.78 is 12.5. The minimum atomic E-state index is 0.148. The van der Waals surface area contributed by atoms with Crippen LogP contribution in [0.5, 0.6) is 0 Å². The lowest BCUT2D eigenvalue weighted by atomic mass is 9.90. The predicted molar refractivity (Wildman–Crippen MR) is 158 cm³/mol. The Morgan fingerprint density at radius 3 is 2.59 bits per heavy atom. The Morgan fingerprint density at radius 2 is 1.85 bits per heavy atom. The van der Waals surface area contributed by atoms with Gasteiger partial charge in [0.1, 0.15) is 0 Å². The highest BCUT2D eigenvalue weighted by Gasteiger charge is 2.35. The van der Waals surface area contributed by atoms with E-state index < -0.39 is 0 Å². The number of nitrogens with one attached hydrogen (secondary N) is 1. The van der Waals surface area contributed by atoms with E-state index in [9.17, 15) is 0 Å². The van der Waals surface area contributed by atoms with Crippen molar-refractivity contribution in [1.82, 2.24) is 30.0 Å². The molecule has 2 fully saturated rings. The lowest BCUT2D eigenvalue weighted by Gasteiger charge is -2.47. The first-order valence-corrected chi connectivity index (χ1v) is 15.0. The number of hydrogen-bond donors (Lipinski definition) is 1. The number of aromatic amines is 1. The summed E-state index contributed by atoms with van der Waals surface area (Å²) in [5.41, 5.74) is 3.18. The minimum Gasteiger partial charge on any atom is -0.383 e. The number of hydrogen-bond acceptors (Lipinski definition) is 9. The van der Waals surface area contributed by atoms with Crippen molar-refractivity contribution in [2.45, 2.75) is 38.8 Å². The molecule has 1 N–H and O–H groups in total. The molecule has 0 bridgehead atoms. The second-order valence-electron chi connectivity index (χ2n) is 10.7. The van der Waals surface area contributed by atoms with E-state index in [0.717, 1.165) is 112 Å². The van der Waals surface area contributed by atoms with E-state index in [1.165, 1.54) is 9.58 Å². The number of H-pyrrole nitrogens is 1. The van der Waals surface area contributed by atoms with Crippen LogP contribution >= 0.6 is 11.3 Å². The standard InChI is InChI=1S/C29H39N7O2S/c1-4-29(5-2,20-37-3)36-11-9-34(10-12-36)19-21-17-25-26(39-21)28(35-13-15-38-16-14-35)32-27(31-25)22-7-6-8-24-23(22)18-30-33-24/h6-8,17-18H,4-5,9-16,19-20H2,1-3H3,(H,30,33). The summed E-state index contributed by atoms with van der Waals surface area (Å²) in [4.78, 5) is 19.2. The molecule has 0 radical (unpaired) electrons. The number of nitrogens with zero attached hydrogens (tertiary/aromatic N) is 6. The number of anilines is 1. The molecule has 0 saturated carbocycles. The fourth-order valence-corrected chi connectivity index (χ4v) is 7.33. The van der Waals surface area contributed by atoms with Crippen LogP contribution in [0.25, 0.3) is 32.5 Å². The van der Waals surface area contributed by atoms with Crippen molar-refractivity contribution in [3.63, 3.8) is 0 Å². The van der Waals surface area contributed by atoms with Crippen LogP contribution in [0.2, 0.25) is 0 Å². The summed E-state index contributed by atoms with van der Waals surface area (Å²) >= 11 is 1.84. The number of fused-ring (bicyclic) bond motifs is 2. The molecule has 0 unspecified atom stereocenters. The van der Waals surface area contributed by atoms with Crippen LogP contribution in [0.15, 0.2) is 30.5 Å². The smallest absolute Gasteiger partial charge is 0.162 e. The summed E-state index contributed by atoms with van der Waals surface area (Å²) in [6, 6.07) is 8.44. The first kappa shape index (κ1) is 26.6. The van der Waals surface area contributed by atoms with Crippen molar-refractivity contribution in [1.29, 1.82) is 0 Å². The highest BCUT2D eigenvalue weighted by molar-refractivity contribution is 7.19. The maximum absolute atomic E-state index is 5.65. The van der Waals surface area contributed by atoms with Crippen molar-refractivity contribution in [2.24, 2.45) is 0 Å². The summed E-state index contributed by atoms with van der Waals surface area (Å²) in [5, 5.41) is 8.37. The van der Waals surface area contributed by atoms with Gasteiger partial charge >= 0.3 is 0 Å². The molecular formula is C29H39N7O2S. The van der Waals surface area contributed by atoms with Crippen molar-refractivity contribution >= 4 is 38.3 Å². The quantitative estimate of drug-likeness (QED) is 0.329. The molecule has 2 aliphatic rings. The number of aromatic nitrogens is 4. The van der Waals surface area contributed by atoms with Gasteiger partial charge in [-0.15, -0.1) is 11.3 Å². The number of piperazine rings is 1. The third-order valence-corrected chi connectivity index (χ3v) is 9.70. The normalized spacial score (nSPS) is 18.0. The summed E-state index contributed by atoms with van der Waals surface area (Å²) in [6.45, 7) is 13.7. The van der Waals surface area contributed by atoms with Gasteiger partial charge in [0.25, 0.3) is 0 Å². The molecule has 5 heterocycles. The molecule has 39 heavy (non-hydrogen) atoms. The summed E-state index contributed by atoms with van der Waals surface area (Å²) in [5.74, 6) is 1.78. The predicted octanol–water partition coefficient (Wildman–Crippen LogP) is 4.39. The van der Waals surface area contributed by atoms with Crippen LogP contribution in [0.3, 0.4) is 0 Å². The number of methoxy groups -OCH3 is 1. The maximum Gasteiger partial charge on any atom is 0.162 e. The van der Waals surface area contributed by atoms with Crippen LogP contribution in [0, 0.1) is 0 Å². The van der Waals surface area contributed by atoms with E-state index in [-0.39, 0.29) is 5.54 Å². The van der Waals surface area contributed by atoms with Crippen molar-refractivity contribution in [3.8, 4) is 11.4 Å². The number of thiophene rings is 1. The number of morpholine rings is 1. The largest absolute Gasteiger partial charge is 0.383 e. The van der Waals surface area contributed by atoms with Gasteiger partial charge in [-0.05, 0) is 25.0 Å². The van der Waals surface area contributed by atoms with Gasteiger partial charge in [0, 0.05) is 74.3 Å². The Hall–Kier alpha value is -2.63. The van der Waals surface area contributed by atoms with Crippen LogP contribution < -0.4 is 4.90 Å². The second-order valence-corrected chi connectivity index (χ2v) is 11.8. The van der Waals surface area contributed by atoms with Gasteiger partial charge in [0.2, 0.25) is 0 Å². The zero-order valence-corrected chi connectivity index (χ0v) is 24.1. The Balaban J connectivity index is 1.28. The van der Waals surface area contributed by atoms with E-state index >= 15 is 0 Å². The van der Waals surface area contributed by atoms with E-state index in [2.05, 4.69) is 50.9 Å². The molecule has 0 spiro atoms. The fourth-order valence-electron chi connectivity index (χ4n) is 6.18. The van der Waals surface area contributed by atoms with Gasteiger partial charge in [0.05, 0.1) is 41.8 Å². The average Bonchev–Trinajstić information content (AvgIpc) is 3.63. The van der Waals surface area contributed by atoms with Crippen molar-refractivity contribution in [3.05, 3.63) is 35.3 Å². The molecule has 208 valence electrons. The van der Waals surface area contributed by atoms with E-state index in [4.69, 9.17) is 19.4 Å². The summed E-state index contributed by atoms with van der Waals surface area (Å²) in [7, 11) is 1.83. The second kappa shape index (κ2) is 11.5. The Kier molecular flexibility index (Phi) is 7.82. The third-order valence-electron chi connectivity index (χ3n) is 8.59. The fraction of sp³-hybridized carbons (Fsp3) is 0.552. The van der Waals surface area contributed by atoms with Gasteiger partial charge in [-0.25, -0.2) is 9.97 Å². The van der Waals surface area contributed by atoms with Crippen molar-refractivity contribution < 1.29 is 9.47 Å². The topological polar surface area (TPSA) is 82.6 Å². The monoisotopic (exact) mass is 549 g/mol. The molecule has 2 saturated heterocycles. The molecule has 1 aromatic carbocycles. The molecule has 10 heteroatoms. The maximum atomic E-state index is 5.65. The molecule has 2 aliphatic heterocycles. The lowest BCUT2D eigenvalue weighted by molar-refractivity contribution is -0.0245. The summed E-state index contributed by atoms with van der Waals surface area (Å²) in [6.07, 6.45) is 4.10.